The van der Waals surface area contributed by atoms with Gasteiger partial charge in [-0.25, -0.2) is 4.68 Å². The summed E-state index contributed by atoms with van der Waals surface area (Å²) in [6, 6.07) is 7.32. The van der Waals surface area contributed by atoms with Crippen molar-refractivity contribution in [3.63, 3.8) is 0 Å². The number of carbonyl (C=O) groups excluding carboxylic acids is 1. The number of allylic oxidation sites excluding steroid dienone is 2. The molecule has 6 heteroatoms. The molecule has 0 fully saturated rings. The summed E-state index contributed by atoms with van der Waals surface area (Å²) in [6.07, 6.45) is 2.86. The van der Waals surface area contributed by atoms with E-state index >= 15 is 0 Å². The van der Waals surface area contributed by atoms with Crippen LogP contribution in [0, 0.1) is 5.41 Å². The average molecular weight is 329 g/mol. The molecule has 2 heterocycles. The highest BCUT2D eigenvalue weighted by molar-refractivity contribution is 6.30. The van der Waals surface area contributed by atoms with E-state index in [4.69, 9.17) is 11.6 Å². The highest BCUT2D eigenvalue weighted by Gasteiger charge is 2.41. The lowest BCUT2D eigenvalue weighted by atomic mass is 9.73. The molecule has 0 bridgehead atoms. The van der Waals surface area contributed by atoms with Crippen molar-refractivity contribution in [3.05, 3.63) is 52.4 Å². The average Bonchev–Trinajstić information content (AvgIpc) is 2.91. The Morgan fingerprint density at radius 2 is 2.17 bits per heavy atom. The van der Waals surface area contributed by atoms with E-state index in [0.29, 0.717) is 17.4 Å². The van der Waals surface area contributed by atoms with Gasteiger partial charge in [-0.1, -0.05) is 37.6 Å². The predicted octanol–water partition coefficient (Wildman–Crippen LogP) is 3.59. The summed E-state index contributed by atoms with van der Waals surface area (Å²) in [5, 5.41) is 8.26. The van der Waals surface area contributed by atoms with Crippen LogP contribution in [0.4, 0.5) is 5.95 Å². The molecular weight excluding hydrogens is 312 g/mol. The Bertz CT molecular complexity index is 837. The van der Waals surface area contributed by atoms with Crippen molar-refractivity contribution < 1.29 is 4.79 Å². The monoisotopic (exact) mass is 328 g/mol. The Hall–Kier alpha value is -2.14. The van der Waals surface area contributed by atoms with Gasteiger partial charge in [0.25, 0.3) is 0 Å². The number of carbonyl (C=O) groups is 1. The number of benzene rings is 1. The topological polar surface area (TPSA) is 59.8 Å². The number of anilines is 1. The van der Waals surface area contributed by atoms with Gasteiger partial charge in [-0.05, 0) is 29.5 Å². The van der Waals surface area contributed by atoms with Gasteiger partial charge in [0.15, 0.2) is 5.78 Å². The van der Waals surface area contributed by atoms with Crippen LogP contribution >= 0.6 is 11.6 Å². The van der Waals surface area contributed by atoms with Crippen molar-refractivity contribution in [2.24, 2.45) is 5.41 Å². The SMILES string of the molecule is CC1(C)CC(=O)C2=C(C1)Nc1ncnn1[C@@H]2c1cccc(Cl)c1. The van der Waals surface area contributed by atoms with Crippen LogP contribution in [0.2, 0.25) is 5.02 Å². The fourth-order valence-electron chi connectivity index (χ4n) is 3.53. The van der Waals surface area contributed by atoms with Gasteiger partial charge in [-0.15, -0.1) is 0 Å². The van der Waals surface area contributed by atoms with Gasteiger partial charge in [0.2, 0.25) is 5.95 Å². The Balaban J connectivity index is 1.91. The maximum absolute atomic E-state index is 12.9. The molecule has 1 aromatic carbocycles. The summed E-state index contributed by atoms with van der Waals surface area (Å²) in [7, 11) is 0. The van der Waals surface area contributed by atoms with E-state index in [0.717, 1.165) is 23.3 Å². The van der Waals surface area contributed by atoms with Crippen LogP contribution in [0.3, 0.4) is 0 Å². The number of fused-ring (bicyclic) bond motifs is 1. The van der Waals surface area contributed by atoms with E-state index in [9.17, 15) is 4.79 Å². The molecule has 0 saturated carbocycles. The van der Waals surface area contributed by atoms with E-state index in [1.165, 1.54) is 6.33 Å². The third kappa shape index (κ3) is 2.36. The van der Waals surface area contributed by atoms with Gasteiger partial charge in [0, 0.05) is 22.7 Å². The molecule has 23 heavy (non-hydrogen) atoms. The number of hydrogen-bond acceptors (Lipinski definition) is 4. The molecule has 4 rings (SSSR count). The lowest BCUT2D eigenvalue weighted by Gasteiger charge is -2.38. The Morgan fingerprint density at radius 3 is 2.96 bits per heavy atom. The van der Waals surface area contributed by atoms with Crippen molar-refractivity contribution in [1.82, 2.24) is 14.8 Å². The van der Waals surface area contributed by atoms with Gasteiger partial charge >= 0.3 is 0 Å². The van der Waals surface area contributed by atoms with Crippen molar-refractivity contribution in [2.75, 3.05) is 5.32 Å². The van der Waals surface area contributed by atoms with Crippen LogP contribution in [0.5, 0.6) is 0 Å². The first-order chi connectivity index (χ1) is 10.9. The molecule has 5 nitrogen and oxygen atoms in total. The van der Waals surface area contributed by atoms with Crippen molar-refractivity contribution in [2.45, 2.75) is 32.7 Å². The Morgan fingerprint density at radius 1 is 1.35 bits per heavy atom. The number of aromatic nitrogens is 3. The fraction of sp³-hybridized carbons (Fsp3) is 0.353. The van der Waals surface area contributed by atoms with Crippen LogP contribution < -0.4 is 5.32 Å². The van der Waals surface area contributed by atoms with Gasteiger partial charge in [0.1, 0.15) is 12.4 Å². The molecule has 0 amide bonds. The Labute approximate surface area is 139 Å². The largest absolute Gasteiger partial charge is 0.328 e. The normalized spacial score (nSPS) is 22.4. The van der Waals surface area contributed by atoms with Crippen molar-refractivity contribution in [3.8, 4) is 0 Å². The first kappa shape index (κ1) is 14.5. The molecule has 0 saturated heterocycles. The smallest absolute Gasteiger partial charge is 0.226 e. The number of Topliss-reactive ketones (excluding diaryl/α,β-unsaturated/α-hetero) is 1. The number of halogens is 1. The zero-order valence-electron chi connectivity index (χ0n) is 13.0. The van der Waals surface area contributed by atoms with Crippen LogP contribution in [0.25, 0.3) is 0 Å². The number of nitrogens with one attached hydrogen (secondary N) is 1. The van der Waals surface area contributed by atoms with E-state index in [1.54, 1.807) is 4.68 Å². The molecule has 1 aliphatic carbocycles. The Kier molecular flexibility index (Phi) is 3.10. The minimum absolute atomic E-state index is 0.0516. The maximum Gasteiger partial charge on any atom is 0.226 e. The van der Waals surface area contributed by atoms with Gasteiger partial charge in [-0.2, -0.15) is 10.1 Å². The van der Waals surface area contributed by atoms with Crippen LogP contribution in [0.1, 0.15) is 38.3 Å². The summed E-state index contributed by atoms with van der Waals surface area (Å²) in [6.45, 7) is 4.23. The molecule has 2 aromatic rings. The summed E-state index contributed by atoms with van der Waals surface area (Å²) in [5.41, 5.74) is 2.64. The highest BCUT2D eigenvalue weighted by Crippen LogP contribution is 2.45. The maximum atomic E-state index is 12.9. The van der Waals surface area contributed by atoms with E-state index in [1.807, 2.05) is 24.3 Å². The molecule has 1 aliphatic heterocycles. The number of hydrogen-bond donors (Lipinski definition) is 1. The molecule has 1 atom stereocenters. The second-order valence-corrected chi connectivity index (χ2v) is 7.38. The molecule has 1 aromatic heterocycles. The summed E-state index contributed by atoms with van der Waals surface area (Å²) >= 11 is 6.16. The van der Waals surface area contributed by atoms with Crippen LogP contribution in [-0.2, 0) is 4.79 Å². The number of ketones is 1. The molecular formula is C17H17ClN4O. The quantitative estimate of drug-likeness (QED) is 0.869. The zero-order valence-corrected chi connectivity index (χ0v) is 13.8. The van der Waals surface area contributed by atoms with Crippen molar-refractivity contribution in [1.29, 1.82) is 0 Å². The van der Waals surface area contributed by atoms with E-state index < -0.39 is 0 Å². The minimum atomic E-state index is -0.272. The zero-order chi connectivity index (χ0) is 16.2. The van der Waals surface area contributed by atoms with E-state index in [-0.39, 0.29) is 17.2 Å². The first-order valence-corrected chi connectivity index (χ1v) is 8.01. The second-order valence-electron chi connectivity index (χ2n) is 6.94. The molecule has 2 aliphatic rings. The third-order valence-corrected chi connectivity index (χ3v) is 4.67. The molecule has 0 radical (unpaired) electrons. The van der Waals surface area contributed by atoms with Gasteiger partial charge < -0.3 is 5.32 Å². The first-order valence-electron chi connectivity index (χ1n) is 7.63. The number of nitrogens with zero attached hydrogens (tertiary/aromatic N) is 3. The van der Waals surface area contributed by atoms with Crippen molar-refractivity contribution >= 4 is 23.3 Å². The number of rotatable bonds is 1. The molecule has 1 N–H and O–H groups in total. The second kappa shape index (κ2) is 4.93. The van der Waals surface area contributed by atoms with Crippen LogP contribution in [-0.4, -0.2) is 20.5 Å². The summed E-state index contributed by atoms with van der Waals surface area (Å²) < 4.78 is 1.76. The van der Waals surface area contributed by atoms with Crippen LogP contribution in [0.15, 0.2) is 41.9 Å². The summed E-state index contributed by atoms with van der Waals surface area (Å²) in [5.74, 6) is 0.828. The third-order valence-electron chi connectivity index (χ3n) is 4.44. The minimum Gasteiger partial charge on any atom is -0.328 e. The lowest BCUT2D eigenvalue weighted by molar-refractivity contribution is -0.118. The predicted molar refractivity (Wildman–Crippen MR) is 88.3 cm³/mol. The van der Waals surface area contributed by atoms with E-state index in [2.05, 4.69) is 29.2 Å². The highest BCUT2D eigenvalue weighted by atomic mass is 35.5. The molecule has 0 unspecified atom stereocenters. The fourth-order valence-corrected chi connectivity index (χ4v) is 3.73. The summed E-state index contributed by atoms with van der Waals surface area (Å²) in [4.78, 5) is 17.1. The lowest BCUT2D eigenvalue weighted by Crippen LogP contribution is -2.36. The van der Waals surface area contributed by atoms with Gasteiger partial charge in [-0.3, -0.25) is 4.79 Å². The standard InChI is InChI=1S/C17H17ClN4O/c1-17(2)7-12-14(13(23)8-17)15(10-4-3-5-11(18)6-10)22-16(21-12)19-9-20-22/h3-6,9,15H,7-8H2,1-2H3,(H,19,20,21)/t15-/m1/s1. The molecule has 118 valence electrons. The molecule has 0 spiro atoms. The van der Waals surface area contributed by atoms with Gasteiger partial charge in [0.05, 0.1) is 0 Å².